The molecule has 3 aliphatic rings. The summed E-state index contributed by atoms with van der Waals surface area (Å²) in [6.07, 6.45) is 0. The summed E-state index contributed by atoms with van der Waals surface area (Å²) >= 11 is 0. The van der Waals surface area contributed by atoms with Crippen LogP contribution >= 0.6 is 0 Å². The molecule has 3 aliphatic carbocycles. The van der Waals surface area contributed by atoms with Crippen molar-refractivity contribution in [1.29, 1.82) is 0 Å². The average molecular weight is 817 g/mol. The first-order valence-corrected chi connectivity index (χ1v) is 22.4. The molecule has 0 radical (unpaired) electrons. The lowest BCUT2D eigenvalue weighted by Crippen LogP contribution is -2.27. The molecule has 2 nitrogen and oxygen atoms in total. The molecule has 13 rings (SSSR count). The summed E-state index contributed by atoms with van der Waals surface area (Å²) in [6.45, 7) is 4.74. The number of para-hydroxylation sites is 3. The number of anilines is 6. The van der Waals surface area contributed by atoms with Crippen LogP contribution < -0.4 is 9.80 Å². The molecule has 1 unspecified atom stereocenters. The third-order valence-electron chi connectivity index (χ3n) is 14.4. The molecule has 1 atom stereocenters. The maximum Gasteiger partial charge on any atom is 0.0733 e. The molecule has 0 fully saturated rings. The number of rotatable bonds is 6. The molecule has 0 amide bonds. The molecule has 10 aromatic rings. The second-order valence-corrected chi connectivity index (χ2v) is 18.0. The van der Waals surface area contributed by atoms with E-state index in [0.29, 0.717) is 0 Å². The van der Waals surface area contributed by atoms with Gasteiger partial charge < -0.3 is 9.80 Å². The smallest absolute Gasteiger partial charge is 0.0733 e. The number of fused-ring (bicyclic) bond motifs is 15. The van der Waals surface area contributed by atoms with Crippen LogP contribution in [0.1, 0.15) is 47.2 Å². The Hall–Kier alpha value is -7.94. The fourth-order valence-corrected chi connectivity index (χ4v) is 11.8. The van der Waals surface area contributed by atoms with Gasteiger partial charge >= 0.3 is 0 Å². The van der Waals surface area contributed by atoms with Crippen molar-refractivity contribution in [2.45, 2.75) is 24.7 Å². The summed E-state index contributed by atoms with van der Waals surface area (Å²) in [5, 5.41) is 2.49. The van der Waals surface area contributed by atoms with E-state index in [4.69, 9.17) is 0 Å². The lowest BCUT2D eigenvalue weighted by atomic mass is 9.69. The van der Waals surface area contributed by atoms with E-state index in [2.05, 4.69) is 254 Å². The van der Waals surface area contributed by atoms with Crippen molar-refractivity contribution >= 4 is 44.9 Å². The summed E-state index contributed by atoms with van der Waals surface area (Å²) in [7, 11) is 0. The van der Waals surface area contributed by atoms with Crippen molar-refractivity contribution in [1.82, 2.24) is 0 Å². The van der Waals surface area contributed by atoms with Gasteiger partial charge in [-0.1, -0.05) is 184 Å². The fraction of sp³-hybridized carbons (Fsp3) is 0.0645. The Morgan fingerprint density at radius 3 is 1.45 bits per heavy atom. The second kappa shape index (κ2) is 13.8. The van der Waals surface area contributed by atoms with E-state index in [9.17, 15) is 0 Å². The first kappa shape index (κ1) is 36.7. The summed E-state index contributed by atoms with van der Waals surface area (Å²) in [6, 6.07) is 85.8. The molecule has 0 bridgehead atoms. The van der Waals surface area contributed by atoms with E-state index in [1.54, 1.807) is 0 Å². The second-order valence-electron chi connectivity index (χ2n) is 18.0. The van der Waals surface area contributed by atoms with E-state index in [-0.39, 0.29) is 5.41 Å². The highest BCUT2D eigenvalue weighted by Crippen LogP contribution is 2.67. The minimum absolute atomic E-state index is 0.128. The van der Waals surface area contributed by atoms with Gasteiger partial charge in [-0.25, -0.2) is 0 Å². The Labute approximate surface area is 375 Å². The van der Waals surface area contributed by atoms with Crippen LogP contribution in [0.25, 0.3) is 44.2 Å². The van der Waals surface area contributed by atoms with Gasteiger partial charge in [-0.3, -0.25) is 0 Å². The van der Waals surface area contributed by atoms with Gasteiger partial charge in [0.15, 0.2) is 0 Å². The molecular weight excluding hydrogens is 773 g/mol. The topological polar surface area (TPSA) is 6.48 Å². The third-order valence-corrected chi connectivity index (χ3v) is 14.4. The fourth-order valence-electron chi connectivity index (χ4n) is 11.8. The Bertz CT molecular complexity index is 3440. The first-order chi connectivity index (χ1) is 31.5. The molecule has 2 heteroatoms. The first-order valence-electron chi connectivity index (χ1n) is 22.4. The summed E-state index contributed by atoms with van der Waals surface area (Å²) in [5.41, 5.74) is 21.8. The predicted octanol–water partition coefficient (Wildman–Crippen LogP) is 16.4. The molecule has 1 spiro atoms. The summed E-state index contributed by atoms with van der Waals surface area (Å²) in [5.74, 6) is 0. The van der Waals surface area contributed by atoms with Crippen LogP contribution in [0, 0.1) is 0 Å². The lowest BCUT2D eigenvalue weighted by molar-refractivity contribution is 0.660. The number of hydrogen-bond donors (Lipinski definition) is 0. The summed E-state index contributed by atoms with van der Waals surface area (Å²) in [4.78, 5) is 4.97. The summed E-state index contributed by atoms with van der Waals surface area (Å²) < 4.78 is 0. The molecule has 10 aromatic carbocycles. The predicted molar refractivity (Wildman–Crippen MR) is 267 cm³/mol. The van der Waals surface area contributed by atoms with E-state index >= 15 is 0 Å². The monoisotopic (exact) mass is 816 g/mol. The van der Waals surface area contributed by atoms with Crippen LogP contribution in [-0.2, 0) is 10.8 Å². The maximum absolute atomic E-state index is 2.53. The van der Waals surface area contributed by atoms with E-state index < -0.39 is 5.41 Å². The van der Waals surface area contributed by atoms with Crippen molar-refractivity contribution in [2.75, 3.05) is 9.80 Å². The van der Waals surface area contributed by atoms with E-state index in [1.807, 2.05) is 0 Å². The van der Waals surface area contributed by atoms with Crippen LogP contribution in [0.2, 0.25) is 0 Å². The molecule has 0 saturated carbocycles. The Morgan fingerprint density at radius 1 is 0.312 bits per heavy atom. The molecule has 0 saturated heterocycles. The highest BCUT2D eigenvalue weighted by molar-refractivity contribution is 6.10. The molecule has 0 aliphatic heterocycles. The Morgan fingerprint density at radius 2 is 0.797 bits per heavy atom. The van der Waals surface area contributed by atoms with Crippen molar-refractivity contribution in [3.8, 4) is 33.4 Å². The lowest BCUT2D eigenvalue weighted by Gasteiger charge is -2.34. The van der Waals surface area contributed by atoms with Gasteiger partial charge in [0.2, 0.25) is 0 Å². The SMILES string of the molecule is CC1(C)c2ccccc2-c2c(N(c3ccccc3)c3ccc4c(c3)C3(c5ccccc5-4)c4ccccc4-c4c(N(c5ccccc5)c5ccccc5)cc5ccccc5c43)cccc21. The van der Waals surface area contributed by atoms with Crippen molar-refractivity contribution < 1.29 is 0 Å². The van der Waals surface area contributed by atoms with Crippen molar-refractivity contribution in [3.63, 3.8) is 0 Å². The number of benzene rings is 10. The molecule has 0 aromatic heterocycles. The zero-order chi connectivity index (χ0) is 42.6. The molecule has 0 heterocycles. The van der Waals surface area contributed by atoms with E-state index in [1.165, 1.54) is 88.9 Å². The quantitative estimate of drug-likeness (QED) is 0.165. The van der Waals surface area contributed by atoms with Crippen LogP contribution in [0.4, 0.5) is 34.1 Å². The van der Waals surface area contributed by atoms with Crippen LogP contribution in [0.5, 0.6) is 0 Å². The molecule has 0 N–H and O–H groups in total. The molecule has 302 valence electrons. The minimum Gasteiger partial charge on any atom is -0.310 e. The van der Waals surface area contributed by atoms with Crippen LogP contribution in [0.15, 0.2) is 231 Å². The third kappa shape index (κ3) is 4.97. The highest BCUT2D eigenvalue weighted by atomic mass is 15.2. The largest absolute Gasteiger partial charge is 0.310 e. The number of hydrogen-bond acceptors (Lipinski definition) is 2. The van der Waals surface area contributed by atoms with Gasteiger partial charge in [-0.05, 0) is 127 Å². The normalized spacial score (nSPS) is 15.5. The molecule has 64 heavy (non-hydrogen) atoms. The zero-order valence-corrected chi connectivity index (χ0v) is 35.8. The van der Waals surface area contributed by atoms with Crippen LogP contribution in [0.3, 0.4) is 0 Å². The molecular formula is C62H44N2. The van der Waals surface area contributed by atoms with Gasteiger partial charge in [0.25, 0.3) is 0 Å². The van der Waals surface area contributed by atoms with Crippen LogP contribution in [-0.4, -0.2) is 0 Å². The van der Waals surface area contributed by atoms with Crippen molar-refractivity contribution in [2.24, 2.45) is 0 Å². The average Bonchev–Trinajstić information content (AvgIpc) is 3.92. The van der Waals surface area contributed by atoms with E-state index in [0.717, 1.165) is 22.7 Å². The van der Waals surface area contributed by atoms with Gasteiger partial charge in [0.1, 0.15) is 0 Å². The number of nitrogens with zero attached hydrogens (tertiary/aromatic N) is 2. The van der Waals surface area contributed by atoms with Gasteiger partial charge in [-0.15, -0.1) is 0 Å². The standard InChI is InChI=1S/C62H44N2/c1-61(2)51-32-17-15-30-49(51)58-54(61)35-20-36-56(58)64(44-26-10-5-11-27-44)45-37-38-48-47-29-14-18-33-52(47)62(55(48)40-45)53-34-19-16-31-50(53)59-57(39-41-21-12-13-28-46(41)60(59)62)63(42-22-6-3-7-23-42)43-24-8-4-9-25-43/h3-40H,1-2H3. The van der Waals surface area contributed by atoms with Gasteiger partial charge in [0, 0.05) is 39.3 Å². The zero-order valence-electron chi connectivity index (χ0n) is 35.8. The maximum atomic E-state index is 2.53. The Kier molecular flexibility index (Phi) is 7.90. The van der Waals surface area contributed by atoms with Crippen molar-refractivity contribution in [3.05, 3.63) is 264 Å². The minimum atomic E-state index is -0.613. The highest BCUT2D eigenvalue weighted by Gasteiger charge is 2.54. The van der Waals surface area contributed by atoms with Gasteiger partial charge in [-0.2, -0.15) is 0 Å². The van der Waals surface area contributed by atoms with Gasteiger partial charge in [0.05, 0.1) is 16.8 Å². The Balaban J connectivity index is 1.14.